The maximum absolute atomic E-state index is 12.0. The fraction of sp³-hybridized carbons (Fsp3) is 1.00. The molecule has 0 saturated heterocycles. The topological polar surface area (TPSA) is 21.3 Å². The molecule has 1 N–H and O–H groups in total. The molecule has 0 radical (unpaired) electrons. The highest BCUT2D eigenvalue weighted by Crippen LogP contribution is 2.23. The van der Waals surface area contributed by atoms with Crippen LogP contribution in [0.5, 0.6) is 0 Å². The van der Waals surface area contributed by atoms with Crippen LogP contribution in [0.1, 0.15) is 39.5 Å². The van der Waals surface area contributed by atoms with E-state index in [1.54, 1.807) is 7.11 Å². The zero-order valence-corrected chi connectivity index (χ0v) is 10.9. The first-order valence-electron chi connectivity index (χ1n) is 6.18. The molecule has 0 aromatic heterocycles. The monoisotopic (exact) mass is 255 g/mol. The molecular formula is C12H24F3NO. The van der Waals surface area contributed by atoms with E-state index in [1.165, 1.54) is 0 Å². The van der Waals surface area contributed by atoms with Gasteiger partial charge in [0.25, 0.3) is 0 Å². The lowest BCUT2D eigenvalue weighted by molar-refractivity contribution is -0.135. The van der Waals surface area contributed by atoms with Gasteiger partial charge in [-0.05, 0) is 31.7 Å². The Morgan fingerprint density at radius 3 is 2.41 bits per heavy atom. The van der Waals surface area contributed by atoms with Crippen molar-refractivity contribution in [3.05, 3.63) is 0 Å². The molecule has 0 aliphatic carbocycles. The summed E-state index contributed by atoms with van der Waals surface area (Å²) in [7, 11) is 1.64. The second-order valence-electron chi connectivity index (χ2n) is 4.56. The molecule has 0 heterocycles. The van der Waals surface area contributed by atoms with Crippen LogP contribution in [0.15, 0.2) is 0 Å². The van der Waals surface area contributed by atoms with Crippen LogP contribution < -0.4 is 5.32 Å². The molecule has 2 unspecified atom stereocenters. The summed E-state index contributed by atoms with van der Waals surface area (Å²) < 4.78 is 41.1. The van der Waals surface area contributed by atoms with Gasteiger partial charge < -0.3 is 10.1 Å². The summed E-state index contributed by atoms with van der Waals surface area (Å²) in [5.41, 5.74) is 0. The minimum absolute atomic E-state index is 0.160. The second kappa shape index (κ2) is 8.75. The fourth-order valence-electron chi connectivity index (χ4n) is 1.98. The van der Waals surface area contributed by atoms with Crippen molar-refractivity contribution in [3.63, 3.8) is 0 Å². The van der Waals surface area contributed by atoms with Crippen LogP contribution in [0.4, 0.5) is 13.2 Å². The van der Waals surface area contributed by atoms with Crippen molar-refractivity contribution in [1.29, 1.82) is 0 Å². The highest BCUT2D eigenvalue weighted by molar-refractivity contribution is 4.70. The van der Waals surface area contributed by atoms with Crippen LogP contribution in [-0.2, 0) is 4.74 Å². The number of halogens is 3. The summed E-state index contributed by atoms with van der Waals surface area (Å²) in [6.07, 6.45) is -3.09. The van der Waals surface area contributed by atoms with Crippen molar-refractivity contribution in [3.8, 4) is 0 Å². The third-order valence-electron chi connectivity index (χ3n) is 2.64. The van der Waals surface area contributed by atoms with E-state index in [4.69, 9.17) is 4.74 Å². The predicted octanol–water partition coefficient (Wildman–Crippen LogP) is 3.37. The van der Waals surface area contributed by atoms with Gasteiger partial charge in [-0.3, -0.25) is 0 Å². The van der Waals surface area contributed by atoms with E-state index in [2.05, 4.69) is 12.2 Å². The number of alkyl halides is 3. The Labute approximate surface area is 102 Å². The molecule has 5 heteroatoms. The van der Waals surface area contributed by atoms with E-state index in [1.807, 2.05) is 6.92 Å². The molecule has 2 atom stereocenters. The second-order valence-corrected chi connectivity index (χ2v) is 4.56. The predicted molar refractivity (Wildman–Crippen MR) is 63.0 cm³/mol. The van der Waals surface area contributed by atoms with E-state index < -0.39 is 12.6 Å². The molecule has 0 spiro atoms. The molecule has 2 nitrogen and oxygen atoms in total. The Morgan fingerprint density at radius 1 is 1.29 bits per heavy atom. The summed E-state index contributed by atoms with van der Waals surface area (Å²) in [5.74, 6) is 0.370. The number of hydrogen-bond acceptors (Lipinski definition) is 2. The van der Waals surface area contributed by atoms with Gasteiger partial charge in [0.15, 0.2) is 0 Å². The van der Waals surface area contributed by atoms with Crippen molar-refractivity contribution in [1.82, 2.24) is 5.32 Å². The van der Waals surface area contributed by atoms with Gasteiger partial charge in [-0.1, -0.05) is 13.8 Å². The van der Waals surface area contributed by atoms with Crippen LogP contribution >= 0.6 is 0 Å². The number of rotatable bonds is 9. The van der Waals surface area contributed by atoms with E-state index in [0.717, 1.165) is 13.0 Å². The molecule has 104 valence electrons. The molecule has 0 bridgehead atoms. The minimum atomic E-state index is -4.03. The van der Waals surface area contributed by atoms with E-state index in [9.17, 15) is 13.2 Å². The van der Waals surface area contributed by atoms with E-state index in [0.29, 0.717) is 18.9 Å². The van der Waals surface area contributed by atoms with Gasteiger partial charge in [0, 0.05) is 26.2 Å². The molecule has 0 saturated carbocycles. The summed E-state index contributed by atoms with van der Waals surface area (Å²) in [4.78, 5) is 0. The Bertz CT molecular complexity index is 185. The average Bonchev–Trinajstić information content (AvgIpc) is 2.16. The van der Waals surface area contributed by atoms with E-state index >= 15 is 0 Å². The molecule has 0 aromatic carbocycles. The van der Waals surface area contributed by atoms with Crippen molar-refractivity contribution in [2.24, 2.45) is 5.92 Å². The summed E-state index contributed by atoms with van der Waals surface area (Å²) in [5, 5.41) is 3.24. The first-order valence-corrected chi connectivity index (χ1v) is 6.18. The lowest BCUT2D eigenvalue weighted by Gasteiger charge is -2.21. The Kier molecular flexibility index (Phi) is 8.60. The van der Waals surface area contributed by atoms with Gasteiger partial charge in [0.1, 0.15) is 0 Å². The van der Waals surface area contributed by atoms with Crippen molar-refractivity contribution < 1.29 is 17.9 Å². The van der Waals surface area contributed by atoms with Gasteiger partial charge in [0.2, 0.25) is 0 Å². The van der Waals surface area contributed by atoms with Gasteiger partial charge in [-0.15, -0.1) is 0 Å². The van der Waals surface area contributed by atoms with Gasteiger partial charge in [0.05, 0.1) is 0 Å². The fourth-order valence-corrected chi connectivity index (χ4v) is 1.98. The molecule has 0 aromatic rings. The smallest absolute Gasteiger partial charge is 0.384 e. The van der Waals surface area contributed by atoms with Crippen LogP contribution in [-0.4, -0.2) is 32.5 Å². The first-order chi connectivity index (χ1) is 7.89. The largest absolute Gasteiger partial charge is 0.389 e. The number of ether oxygens (including phenoxy) is 1. The molecular weight excluding hydrogens is 231 g/mol. The Balaban J connectivity index is 3.89. The summed E-state index contributed by atoms with van der Waals surface area (Å²) in [6, 6.07) is 0.160. The van der Waals surface area contributed by atoms with Gasteiger partial charge in [-0.2, -0.15) is 13.2 Å². The van der Waals surface area contributed by atoms with Crippen LogP contribution in [0.3, 0.4) is 0 Å². The van der Waals surface area contributed by atoms with Crippen LogP contribution in [0.2, 0.25) is 0 Å². The maximum Gasteiger partial charge on any atom is 0.389 e. The minimum Gasteiger partial charge on any atom is -0.384 e. The quantitative estimate of drug-likeness (QED) is 0.682. The first kappa shape index (κ1) is 16.7. The van der Waals surface area contributed by atoms with Crippen LogP contribution in [0.25, 0.3) is 0 Å². The number of nitrogens with one attached hydrogen (secondary N) is 1. The highest BCUT2D eigenvalue weighted by Gasteiger charge is 2.26. The van der Waals surface area contributed by atoms with Gasteiger partial charge >= 0.3 is 6.18 Å². The molecule has 0 aliphatic rings. The summed E-state index contributed by atoms with van der Waals surface area (Å²) >= 11 is 0. The van der Waals surface area contributed by atoms with Crippen molar-refractivity contribution in [2.45, 2.75) is 51.7 Å². The lowest BCUT2D eigenvalue weighted by atomic mass is 9.98. The molecule has 0 amide bonds. The summed E-state index contributed by atoms with van der Waals surface area (Å²) in [6.45, 7) is 5.47. The lowest BCUT2D eigenvalue weighted by Crippen LogP contribution is -2.31. The van der Waals surface area contributed by atoms with Crippen molar-refractivity contribution in [2.75, 3.05) is 20.3 Å². The normalized spacial score (nSPS) is 15.9. The standard InChI is InChI=1S/C12H24F3NO/c1-4-16-11(8-10(2)9-17-3)6-5-7-12(13,14)15/h10-11,16H,4-9H2,1-3H3. The Hall–Kier alpha value is -0.290. The molecule has 0 aliphatic heterocycles. The van der Waals surface area contributed by atoms with E-state index in [-0.39, 0.29) is 12.5 Å². The SMILES string of the molecule is CCNC(CCCC(F)(F)F)CC(C)COC. The van der Waals surface area contributed by atoms with Gasteiger partial charge in [-0.25, -0.2) is 0 Å². The number of hydrogen-bond donors (Lipinski definition) is 1. The maximum atomic E-state index is 12.0. The van der Waals surface area contributed by atoms with Crippen LogP contribution in [0, 0.1) is 5.92 Å². The molecule has 0 rings (SSSR count). The zero-order chi connectivity index (χ0) is 13.3. The highest BCUT2D eigenvalue weighted by atomic mass is 19.4. The third-order valence-corrected chi connectivity index (χ3v) is 2.64. The number of methoxy groups -OCH3 is 1. The molecule has 17 heavy (non-hydrogen) atoms. The molecule has 0 fully saturated rings. The third kappa shape index (κ3) is 10.6. The Morgan fingerprint density at radius 2 is 1.94 bits per heavy atom. The zero-order valence-electron chi connectivity index (χ0n) is 10.9. The average molecular weight is 255 g/mol. The van der Waals surface area contributed by atoms with Crippen molar-refractivity contribution >= 4 is 0 Å².